The third kappa shape index (κ3) is 8.90. The van der Waals surface area contributed by atoms with Gasteiger partial charge in [-0.25, -0.2) is 0 Å². The molecule has 0 aromatic heterocycles. The lowest BCUT2D eigenvalue weighted by Gasteiger charge is -2.12. The van der Waals surface area contributed by atoms with Gasteiger partial charge in [-0.15, -0.1) is 24.0 Å². The fourth-order valence-electron chi connectivity index (χ4n) is 1.83. The zero-order valence-electron chi connectivity index (χ0n) is 13.0. The van der Waals surface area contributed by atoms with Crippen molar-refractivity contribution in [3.63, 3.8) is 0 Å². The summed E-state index contributed by atoms with van der Waals surface area (Å²) in [6.07, 6.45) is 0.959. The molecule has 0 saturated heterocycles. The summed E-state index contributed by atoms with van der Waals surface area (Å²) >= 11 is 0. The number of ether oxygens (including phenoxy) is 2. The summed E-state index contributed by atoms with van der Waals surface area (Å²) in [6, 6.07) is 8.32. The van der Waals surface area contributed by atoms with Gasteiger partial charge in [0, 0.05) is 41.0 Å². The number of benzene rings is 1. The van der Waals surface area contributed by atoms with Crippen LogP contribution in [0, 0.1) is 0 Å². The lowest BCUT2D eigenvalue weighted by atomic mass is 10.1. The Hall–Kier alpha value is -0.860. The van der Waals surface area contributed by atoms with Gasteiger partial charge in [-0.05, 0) is 17.5 Å². The van der Waals surface area contributed by atoms with E-state index in [0.717, 1.165) is 32.1 Å². The summed E-state index contributed by atoms with van der Waals surface area (Å²) in [4.78, 5) is 4.19. The Balaban J connectivity index is 0.00000400. The largest absolute Gasteiger partial charge is 0.385 e. The molecule has 0 atom stereocenters. The van der Waals surface area contributed by atoms with Crippen LogP contribution in [0.5, 0.6) is 0 Å². The Bertz CT molecular complexity index is 414. The molecule has 0 spiro atoms. The lowest BCUT2D eigenvalue weighted by Crippen LogP contribution is -2.37. The molecule has 0 amide bonds. The number of nitrogens with one attached hydrogen (secondary N) is 2. The molecule has 0 radical (unpaired) electrons. The van der Waals surface area contributed by atoms with Crippen molar-refractivity contribution in [1.82, 2.24) is 10.6 Å². The summed E-state index contributed by atoms with van der Waals surface area (Å²) in [7, 11) is 5.18. The molecule has 0 aliphatic rings. The molecule has 0 bridgehead atoms. The molecule has 0 fully saturated rings. The summed E-state index contributed by atoms with van der Waals surface area (Å²) < 4.78 is 10.1. The van der Waals surface area contributed by atoms with E-state index in [1.165, 1.54) is 11.1 Å². The maximum absolute atomic E-state index is 5.14. The summed E-state index contributed by atoms with van der Waals surface area (Å²) in [6.45, 7) is 2.97. The van der Waals surface area contributed by atoms with Gasteiger partial charge in [-0.2, -0.15) is 0 Å². The predicted octanol–water partition coefficient (Wildman–Crippen LogP) is 2.15. The molecule has 120 valence electrons. The van der Waals surface area contributed by atoms with Gasteiger partial charge in [0.25, 0.3) is 0 Å². The van der Waals surface area contributed by atoms with Crippen molar-refractivity contribution < 1.29 is 9.47 Å². The van der Waals surface area contributed by atoms with Crippen LogP contribution in [0.3, 0.4) is 0 Å². The van der Waals surface area contributed by atoms with Crippen LogP contribution in [0.4, 0.5) is 0 Å². The number of aliphatic imine (C=N–C) groups is 1. The van der Waals surface area contributed by atoms with Gasteiger partial charge in [0.05, 0.1) is 6.61 Å². The van der Waals surface area contributed by atoms with E-state index in [2.05, 4.69) is 33.8 Å². The fourth-order valence-corrected chi connectivity index (χ4v) is 1.83. The lowest BCUT2D eigenvalue weighted by molar-refractivity contribution is 0.185. The van der Waals surface area contributed by atoms with Gasteiger partial charge in [0.2, 0.25) is 0 Å². The maximum atomic E-state index is 5.14. The first-order chi connectivity index (χ1) is 9.80. The van der Waals surface area contributed by atoms with Crippen molar-refractivity contribution in [3.8, 4) is 0 Å². The molecule has 1 rings (SSSR count). The van der Waals surface area contributed by atoms with Crippen molar-refractivity contribution in [1.29, 1.82) is 0 Å². The number of guanidine groups is 1. The van der Waals surface area contributed by atoms with Gasteiger partial charge in [0.1, 0.15) is 0 Å². The van der Waals surface area contributed by atoms with Crippen LogP contribution in [0.25, 0.3) is 0 Å². The summed E-state index contributed by atoms with van der Waals surface area (Å²) in [5.41, 5.74) is 2.38. The number of halogens is 1. The van der Waals surface area contributed by atoms with Crippen LogP contribution in [0.2, 0.25) is 0 Å². The number of methoxy groups -OCH3 is 2. The maximum Gasteiger partial charge on any atom is 0.191 e. The third-order valence-electron chi connectivity index (χ3n) is 2.80. The molecule has 2 N–H and O–H groups in total. The molecular weight excluding hydrogens is 381 g/mol. The summed E-state index contributed by atoms with van der Waals surface area (Å²) in [5.74, 6) is 0.804. The molecule has 0 aliphatic carbocycles. The highest BCUT2D eigenvalue weighted by Gasteiger charge is 1.99. The zero-order chi connectivity index (χ0) is 14.6. The van der Waals surface area contributed by atoms with Crippen molar-refractivity contribution in [3.05, 3.63) is 35.4 Å². The van der Waals surface area contributed by atoms with Crippen LogP contribution < -0.4 is 10.6 Å². The van der Waals surface area contributed by atoms with Gasteiger partial charge in [-0.3, -0.25) is 4.99 Å². The Morgan fingerprint density at radius 3 is 2.57 bits per heavy atom. The molecular formula is C15H26IN3O2. The van der Waals surface area contributed by atoms with Gasteiger partial charge in [-0.1, -0.05) is 24.3 Å². The standard InChI is InChI=1S/C15H25N3O2.HI/c1-16-15(17-8-5-9-19-2)18-11-13-6-4-7-14(10-13)12-20-3;/h4,6-7,10H,5,8-9,11-12H2,1-3H3,(H2,16,17,18);1H. The average Bonchev–Trinajstić information content (AvgIpc) is 2.47. The molecule has 6 heteroatoms. The van der Waals surface area contributed by atoms with E-state index in [-0.39, 0.29) is 24.0 Å². The van der Waals surface area contributed by atoms with Crippen molar-refractivity contribution >= 4 is 29.9 Å². The van der Waals surface area contributed by atoms with E-state index < -0.39 is 0 Å². The molecule has 1 aromatic rings. The Morgan fingerprint density at radius 1 is 1.14 bits per heavy atom. The molecule has 5 nitrogen and oxygen atoms in total. The van der Waals surface area contributed by atoms with Gasteiger partial charge < -0.3 is 20.1 Å². The molecule has 1 aromatic carbocycles. The average molecular weight is 407 g/mol. The molecule has 0 heterocycles. The zero-order valence-corrected chi connectivity index (χ0v) is 15.3. The van der Waals surface area contributed by atoms with E-state index in [4.69, 9.17) is 9.47 Å². The van der Waals surface area contributed by atoms with E-state index in [0.29, 0.717) is 6.61 Å². The van der Waals surface area contributed by atoms with Gasteiger partial charge in [0.15, 0.2) is 5.96 Å². The Morgan fingerprint density at radius 2 is 1.90 bits per heavy atom. The molecule has 21 heavy (non-hydrogen) atoms. The van der Waals surface area contributed by atoms with Crippen molar-refractivity contribution in [2.24, 2.45) is 4.99 Å². The first kappa shape index (κ1) is 20.1. The second-order valence-corrected chi connectivity index (χ2v) is 4.45. The van der Waals surface area contributed by atoms with Crippen molar-refractivity contribution in [2.75, 3.05) is 34.4 Å². The smallest absolute Gasteiger partial charge is 0.191 e. The van der Waals surface area contributed by atoms with Crippen molar-refractivity contribution in [2.45, 2.75) is 19.6 Å². The van der Waals surface area contributed by atoms with Crippen LogP contribution in [-0.4, -0.2) is 40.4 Å². The second kappa shape index (κ2) is 12.8. The predicted molar refractivity (Wildman–Crippen MR) is 97.3 cm³/mol. The number of rotatable bonds is 8. The first-order valence-electron chi connectivity index (χ1n) is 6.80. The molecule has 0 aliphatic heterocycles. The number of hydrogen-bond donors (Lipinski definition) is 2. The Kier molecular flexibility index (Phi) is 12.3. The molecule has 0 saturated carbocycles. The van der Waals surface area contributed by atoms with E-state index in [9.17, 15) is 0 Å². The minimum absolute atomic E-state index is 0. The topological polar surface area (TPSA) is 54.9 Å². The summed E-state index contributed by atoms with van der Waals surface area (Å²) in [5, 5.41) is 6.54. The van der Waals surface area contributed by atoms with E-state index >= 15 is 0 Å². The van der Waals surface area contributed by atoms with Gasteiger partial charge >= 0.3 is 0 Å². The quantitative estimate of drug-likeness (QED) is 0.300. The molecule has 0 unspecified atom stereocenters. The third-order valence-corrected chi connectivity index (χ3v) is 2.80. The SMILES string of the molecule is CN=C(NCCCOC)NCc1cccc(COC)c1.I. The van der Waals surface area contributed by atoms with E-state index in [1.807, 2.05) is 6.07 Å². The fraction of sp³-hybridized carbons (Fsp3) is 0.533. The Labute approximate surface area is 144 Å². The van der Waals surface area contributed by atoms with Crippen LogP contribution in [0.15, 0.2) is 29.3 Å². The highest BCUT2D eigenvalue weighted by atomic mass is 127. The normalized spacial score (nSPS) is 10.9. The van der Waals surface area contributed by atoms with Crippen LogP contribution >= 0.6 is 24.0 Å². The minimum atomic E-state index is 0. The van der Waals surface area contributed by atoms with Crippen LogP contribution in [-0.2, 0) is 22.6 Å². The second-order valence-electron chi connectivity index (χ2n) is 4.45. The highest BCUT2D eigenvalue weighted by molar-refractivity contribution is 14.0. The minimum Gasteiger partial charge on any atom is -0.385 e. The number of hydrogen-bond acceptors (Lipinski definition) is 3. The highest BCUT2D eigenvalue weighted by Crippen LogP contribution is 2.06. The van der Waals surface area contributed by atoms with E-state index in [1.54, 1.807) is 21.3 Å². The number of nitrogens with zero attached hydrogens (tertiary/aromatic N) is 1. The first-order valence-corrected chi connectivity index (χ1v) is 6.80. The monoisotopic (exact) mass is 407 g/mol. The van der Waals surface area contributed by atoms with Crippen LogP contribution in [0.1, 0.15) is 17.5 Å².